The van der Waals surface area contributed by atoms with Gasteiger partial charge in [-0.3, -0.25) is 0 Å². The third-order valence-electron chi connectivity index (χ3n) is 3.32. The van der Waals surface area contributed by atoms with Crippen LogP contribution in [0.4, 0.5) is 0 Å². The number of rotatable bonds is 4. The summed E-state index contributed by atoms with van der Waals surface area (Å²) in [5.41, 5.74) is 0.776. The number of benzene rings is 1. The molecule has 16 heavy (non-hydrogen) atoms. The topological polar surface area (TPSA) is 29.5 Å². The number of ether oxygens (including phenoxy) is 1. The number of hydrogen-bond donors (Lipinski definition) is 1. The van der Waals surface area contributed by atoms with Crippen LogP contribution >= 0.6 is 11.6 Å². The van der Waals surface area contributed by atoms with Crippen LogP contribution in [0.1, 0.15) is 18.9 Å². The molecule has 1 N–H and O–H groups in total. The van der Waals surface area contributed by atoms with E-state index in [0.29, 0.717) is 5.92 Å². The Balaban J connectivity index is 2.22. The number of halogens is 1. The Morgan fingerprint density at radius 3 is 2.62 bits per heavy atom. The Kier molecular flexibility index (Phi) is 3.53. The van der Waals surface area contributed by atoms with E-state index in [0.717, 1.165) is 30.2 Å². The quantitative estimate of drug-likeness (QED) is 0.877. The van der Waals surface area contributed by atoms with Gasteiger partial charge in [-0.15, -0.1) is 0 Å². The highest BCUT2D eigenvalue weighted by Crippen LogP contribution is 2.36. The lowest BCUT2D eigenvalue weighted by atomic mass is 9.75. The van der Waals surface area contributed by atoms with Gasteiger partial charge in [0, 0.05) is 16.4 Å². The van der Waals surface area contributed by atoms with Crippen LogP contribution < -0.4 is 0 Å². The van der Waals surface area contributed by atoms with Crippen LogP contribution in [0.15, 0.2) is 24.3 Å². The first-order valence-corrected chi connectivity index (χ1v) is 5.97. The van der Waals surface area contributed by atoms with E-state index in [1.165, 1.54) is 0 Å². The fourth-order valence-electron chi connectivity index (χ4n) is 2.25. The van der Waals surface area contributed by atoms with Crippen molar-refractivity contribution in [2.45, 2.75) is 18.8 Å². The standard InChI is InChI=1S/C13H17ClO2/c1-13(9-15,6-10-7-16-8-10)11-4-2-3-5-12(11)14/h2-5,10,15H,6-9H2,1H3. The van der Waals surface area contributed by atoms with Gasteiger partial charge >= 0.3 is 0 Å². The van der Waals surface area contributed by atoms with Crippen LogP contribution in [0.5, 0.6) is 0 Å². The van der Waals surface area contributed by atoms with Gasteiger partial charge in [0.15, 0.2) is 0 Å². The third kappa shape index (κ3) is 2.24. The lowest BCUT2D eigenvalue weighted by Gasteiger charge is -2.36. The van der Waals surface area contributed by atoms with Gasteiger partial charge in [0.2, 0.25) is 0 Å². The van der Waals surface area contributed by atoms with E-state index in [9.17, 15) is 5.11 Å². The van der Waals surface area contributed by atoms with E-state index in [-0.39, 0.29) is 12.0 Å². The summed E-state index contributed by atoms with van der Waals surface area (Å²) < 4.78 is 5.18. The molecule has 1 fully saturated rings. The highest BCUT2D eigenvalue weighted by atomic mass is 35.5. The smallest absolute Gasteiger partial charge is 0.0525 e. The average molecular weight is 241 g/mol. The molecular formula is C13H17ClO2. The lowest BCUT2D eigenvalue weighted by Crippen LogP contribution is -2.37. The van der Waals surface area contributed by atoms with Gasteiger partial charge in [0.05, 0.1) is 19.8 Å². The van der Waals surface area contributed by atoms with Crippen LogP contribution in [0, 0.1) is 5.92 Å². The molecule has 0 aliphatic carbocycles. The summed E-state index contributed by atoms with van der Waals surface area (Å²) in [6.07, 6.45) is 0.924. The van der Waals surface area contributed by atoms with E-state index in [1.54, 1.807) is 0 Å². The Labute approximate surface area is 101 Å². The molecule has 1 heterocycles. The molecule has 0 aromatic heterocycles. The minimum atomic E-state index is -0.257. The minimum absolute atomic E-state index is 0.118. The first-order chi connectivity index (χ1) is 7.65. The molecule has 0 bridgehead atoms. The Hall–Kier alpha value is -0.570. The van der Waals surface area contributed by atoms with E-state index in [4.69, 9.17) is 16.3 Å². The molecule has 0 radical (unpaired) electrons. The van der Waals surface area contributed by atoms with Gasteiger partial charge in [-0.1, -0.05) is 36.7 Å². The normalized spacial score (nSPS) is 20.2. The van der Waals surface area contributed by atoms with Crippen LogP contribution in [0.25, 0.3) is 0 Å². The van der Waals surface area contributed by atoms with Crippen molar-refractivity contribution in [2.75, 3.05) is 19.8 Å². The molecule has 88 valence electrons. The summed E-state index contributed by atoms with van der Waals surface area (Å²) in [5, 5.41) is 10.4. The summed E-state index contributed by atoms with van der Waals surface area (Å²) in [6, 6.07) is 7.75. The molecule has 0 amide bonds. The van der Waals surface area contributed by atoms with Gasteiger partial charge < -0.3 is 9.84 Å². The van der Waals surface area contributed by atoms with Crippen LogP contribution in [-0.4, -0.2) is 24.9 Å². The first-order valence-electron chi connectivity index (χ1n) is 5.59. The monoisotopic (exact) mass is 240 g/mol. The van der Waals surface area contributed by atoms with E-state index in [2.05, 4.69) is 6.92 Å². The van der Waals surface area contributed by atoms with Crippen molar-refractivity contribution in [2.24, 2.45) is 5.92 Å². The maximum Gasteiger partial charge on any atom is 0.0525 e. The Morgan fingerprint density at radius 1 is 1.44 bits per heavy atom. The van der Waals surface area contributed by atoms with Crippen molar-refractivity contribution in [1.29, 1.82) is 0 Å². The summed E-state index contributed by atoms with van der Waals surface area (Å²) in [4.78, 5) is 0. The summed E-state index contributed by atoms with van der Waals surface area (Å²) >= 11 is 6.19. The van der Waals surface area contributed by atoms with Crippen molar-refractivity contribution < 1.29 is 9.84 Å². The molecule has 1 aromatic carbocycles. The molecule has 1 aliphatic heterocycles. The maximum atomic E-state index is 9.63. The maximum absolute atomic E-state index is 9.63. The van der Waals surface area contributed by atoms with Crippen molar-refractivity contribution in [3.8, 4) is 0 Å². The molecule has 2 rings (SSSR count). The summed E-state index contributed by atoms with van der Waals surface area (Å²) in [7, 11) is 0. The largest absolute Gasteiger partial charge is 0.395 e. The van der Waals surface area contributed by atoms with Crippen molar-refractivity contribution in [3.63, 3.8) is 0 Å². The molecular weight excluding hydrogens is 224 g/mol. The number of hydrogen-bond acceptors (Lipinski definition) is 2. The molecule has 0 saturated carbocycles. The minimum Gasteiger partial charge on any atom is -0.395 e. The van der Waals surface area contributed by atoms with Gasteiger partial charge in [-0.05, 0) is 18.1 Å². The number of aliphatic hydroxyl groups is 1. The second-order valence-electron chi connectivity index (χ2n) is 4.81. The Morgan fingerprint density at radius 2 is 2.12 bits per heavy atom. The number of aliphatic hydroxyl groups excluding tert-OH is 1. The predicted octanol–water partition coefficient (Wildman–Crippen LogP) is 2.63. The highest BCUT2D eigenvalue weighted by molar-refractivity contribution is 6.31. The van der Waals surface area contributed by atoms with E-state index in [1.807, 2.05) is 24.3 Å². The van der Waals surface area contributed by atoms with E-state index >= 15 is 0 Å². The fraction of sp³-hybridized carbons (Fsp3) is 0.538. The van der Waals surface area contributed by atoms with Gasteiger partial charge in [0.1, 0.15) is 0 Å². The predicted molar refractivity (Wildman–Crippen MR) is 64.8 cm³/mol. The zero-order valence-corrected chi connectivity index (χ0v) is 10.2. The molecule has 0 spiro atoms. The molecule has 1 aromatic rings. The molecule has 3 heteroatoms. The lowest BCUT2D eigenvalue weighted by molar-refractivity contribution is -0.0485. The van der Waals surface area contributed by atoms with Gasteiger partial charge in [-0.2, -0.15) is 0 Å². The SMILES string of the molecule is CC(CO)(CC1COC1)c1ccccc1Cl. The second kappa shape index (κ2) is 4.74. The first kappa shape index (κ1) is 11.9. The van der Waals surface area contributed by atoms with Crippen LogP contribution in [0.3, 0.4) is 0 Å². The van der Waals surface area contributed by atoms with Gasteiger partial charge in [0.25, 0.3) is 0 Å². The Bertz CT molecular complexity index is 363. The molecule has 2 nitrogen and oxygen atoms in total. The van der Waals surface area contributed by atoms with E-state index < -0.39 is 0 Å². The van der Waals surface area contributed by atoms with Gasteiger partial charge in [-0.25, -0.2) is 0 Å². The fourth-order valence-corrected chi connectivity index (χ4v) is 2.61. The zero-order valence-electron chi connectivity index (χ0n) is 9.45. The second-order valence-corrected chi connectivity index (χ2v) is 5.21. The molecule has 1 aliphatic rings. The molecule has 1 unspecified atom stereocenters. The zero-order chi connectivity index (χ0) is 11.6. The van der Waals surface area contributed by atoms with Crippen molar-refractivity contribution in [1.82, 2.24) is 0 Å². The molecule has 1 saturated heterocycles. The van der Waals surface area contributed by atoms with Crippen LogP contribution in [-0.2, 0) is 10.2 Å². The van der Waals surface area contributed by atoms with Crippen molar-refractivity contribution in [3.05, 3.63) is 34.9 Å². The average Bonchev–Trinajstić information content (AvgIpc) is 2.24. The van der Waals surface area contributed by atoms with Crippen LogP contribution in [0.2, 0.25) is 5.02 Å². The van der Waals surface area contributed by atoms with Crippen molar-refractivity contribution >= 4 is 11.6 Å². The third-order valence-corrected chi connectivity index (χ3v) is 3.65. The summed E-state index contributed by atoms with van der Waals surface area (Å²) in [5.74, 6) is 0.549. The molecule has 1 atom stereocenters. The summed E-state index contributed by atoms with van der Waals surface area (Å²) in [6.45, 7) is 3.79. The highest BCUT2D eigenvalue weighted by Gasteiger charge is 2.33.